The van der Waals surface area contributed by atoms with Crippen LogP contribution in [0.5, 0.6) is 0 Å². The number of hydrogen-bond donors (Lipinski definition) is 0. The molecule has 0 radical (unpaired) electrons. The summed E-state index contributed by atoms with van der Waals surface area (Å²) >= 11 is 5.82. The molecule has 76 valence electrons. The molecule has 1 aliphatic carbocycles. The maximum Gasteiger partial charge on any atom is 0.314 e. The second-order valence-corrected chi connectivity index (χ2v) is 3.80. The molecule has 3 rings (SSSR count). The molecule has 2 aliphatic heterocycles. The van der Waals surface area contributed by atoms with Gasteiger partial charge in [0.05, 0.1) is 24.0 Å². The zero-order chi connectivity index (χ0) is 10.3. The van der Waals surface area contributed by atoms with Gasteiger partial charge in [-0.05, 0) is 0 Å². The van der Waals surface area contributed by atoms with Crippen LogP contribution in [0.2, 0.25) is 0 Å². The first-order valence-electron chi connectivity index (χ1n) is 4.29. The Morgan fingerprint density at radius 3 is 3.00 bits per heavy atom. The fraction of sp³-hybridized carbons (Fsp3) is 0.556. The average molecular weight is 217 g/mol. The maximum absolute atomic E-state index is 11.3. The van der Waals surface area contributed by atoms with Crippen molar-refractivity contribution >= 4 is 23.5 Å². The number of carbonyl (C=O) groups is 2. The SMILES string of the molecule is COC(=O)[C@H]1C[C@@H]2OC(=O)[C@H]1C=C2Cl. The summed E-state index contributed by atoms with van der Waals surface area (Å²) in [6.45, 7) is 0. The summed E-state index contributed by atoms with van der Waals surface area (Å²) in [4.78, 5) is 22.6. The number of hydrogen-bond acceptors (Lipinski definition) is 4. The molecule has 0 aromatic carbocycles. The van der Waals surface area contributed by atoms with Gasteiger partial charge < -0.3 is 9.47 Å². The molecule has 3 aliphatic rings. The van der Waals surface area contributed by atoms with E-state index in [2.05, 4.69) is 4.74 Å². The number of ether oxygens (including phenoxy) is 2. The van der Waals surface area contributed by atoms with Gasteiger partial charge in [0.25, 0.3) is 0 Å². The molecule has 1 saturated heterocycles. The molecule has 0 unspecified atom stereocenters. The monoisotopic (exact) mass is 216 g/mol. The fourth-order valence-electron chi connectivity index (χ4n) is 1.83. The van der Waals surface area contributed by atoms with Gasteiger partial charge in [0, 0.05) is 6.42 Å². The summed E-state index contributed by atoms with van der Waals surface area (Å²) in [7, 11) is 1.31. The van der Waals surface area contributed by atoms with Crippen molar-refractivity contribution in [2.75, 3.05) is 7.11 Å². The molecule has 14 heavy (non-hydrogen) atoms. The van der Waals surface area contributed by atoms with Crippen molar-refractivity contribution in [3.8, 4) is 0 Å². The summed E-state index contributed by atoms with van der Waals surface area (Å²) < 4.78 is 9.58. The van der Waals surface area contributed by atoms with Crippen LogP contribution in [0.15, 0.2) is 11.1 Å². The van der Waals surface area contributed by atoms with Gasteiger partial charge in [0.2, 0.25) is 0 Å². The first-order valence-corrected chi connectivity index (χ1v) is 4.67. The summed E-state index contributed by atoms with van der Waals surface area (Å²) in [5, 5.41) is 0.509. The Hall–Kier alpha value is -1.03. The Bertz CT molecular complexity index is 323. The van der Waals surface area contributed by atoms with Gasteiger partial charge in [0.1, 0.15) is 6.10 Å². The molecule has 0 aromatic rings. The summed E-state index contributed by atoms with van der Waals surface area (Å²) in [6, 6.07) is 0. The smallest absolute Gasteiger partial charge is 0.314 e. The van der Waals surface area contributed by atoms with Crippen molar-refractivity contribution in [2.24, 2.45) is 11.8 Å². The molecule has 0 aromatic heterocycles. The summed E-state index contributed by atoms with van der Waals surface area (Å²) in [5.41, 5.74) is 0. The lowest BCUT2D eigenvalue weighted by Gasteiger charge is -2.36. The van der Waals surface area contributed by atoms with Gasteiger partial charge in [0.15, 0.2) is 0 Å². The number of halogens is 1. The van der Waals surface area contributed by atoms with Crippen LogP contribution >= 0.6 is 11.6 Å². The zero-order valence-electron chi connectivity index (χ0n) is 7.53. The Labute approximate surface area is 85.8 Å². The third kappa shape index (κ3) is 1.30. The van der Waals surface area contributed by atoms with Crippen LogP contribution in [0, 0.1) is 11.8 Å². The van der Waals surface area contributed by atoms with Crippen LogP contribution in [0.1, 0.15) is 6.42 Å². The van der Waals surface area contributed by atoms with E-state index in [1.807, 2.05) is 0 Å². The lowest BCUT2D eigenvalue weighted by molar-refractivity contribution is -0.170. The molecular weight excluding hydrogens is 208 g/mol. The third-order valence-corrected chi connectivity index (χ3v) is 2.95. The normalized spacial score (nSPS) is 34.9. The van der Waals surface area contributed by atoms with Crippen LogP contribution in [0.4, 0.5) is 0 Å². The molecule has 2 heterocycles. The highest BCUT2D eigenvalue weighted by atomic mass is 35.5. The highest BCUT2D eigenvalue weighted by Gasteiger charge is 2.46. The van der Waals surface area contributed by atoms with Gasteiger partial charge in [-0.1, -0.05) is 17.7 Å². The van der Waals surface area contributed by atoms with Crippen molar-refractivity contribution < 1.29 is 19.1 Å². The molecule has 1 fully saturated rings. The minimum Gasteiger partial charge on any atom is -0.469 e. The number of esters is 2. The minimum atomic E-state index is -0.569. The molecular formula is C9H9ClO4. The van der Waals surface area contributed by atoms with E-state index in [1.165, 1.54) is 7.11 Å². The van der Waals surface area contributed by atoms with Crippen LogP contribution in [0.25, 0.3) is 0 Å². The molecule has 0 saturated carbocycles. The van der Waals surface area contributed by atoms with E-state index in [0.717, 1.165) is 0 Å². The second kappa shape index (κ2) is 3.28. The molecule has 2 bridgehead atoms. The number of methoxy groups -OCH3 is 1. The van der Waals surface area contributed by atoms with Crippen molar-refractivity contribution in [1.82, 2.24) is 0 Å². The third-order valence-electron chi connectivity index (χ3n) is 2.58. The van der Waals surface area contributed by atoms with Gasteiger partial charge in [-0.2, -0.15) is 0 Å². The minimum absolute atomic E-state index is 0.378. The predicted octanol–water partition coefficient (Wildman–Crippen LogP) is 0.844. The standard InChI is InChI=1S/C9H9ClO4/c1-13-8(11)5-3-7-6(10)2-4(5)9(12)14-7/h2,4-5,7H,3H2,1H3/t4-,5-,7-/m0/s1. The van der Waals surface area contributed by atoms with Crippen molar-refractivity contribution in [1.29, 1.82) is 0 Å². The van der Waals surface area contributed by atoms with Gasteiger partial charge in [-0.3, -0.25) is 9.59 Å². The maximum atomic E-state index is 11.3. The van der Waals surface area contributed by atoms with E-state index in [9.17, 15) is 9.59 Å². The second-order valence-electron chi connectivity index (χ2n) is 3.37. The number of carbonyl (C=O) groups excluding carboxylic acids is 2. The lowest BCUT2D eigenvalue weighted by atomic mass is 9.80. The summed E-state index contributed by atoms with van der Waals surface area (Å²) in [5.74, 6) is -1.77. The molecule has 0 N–H and O–H groups in total. The molecule has 0 spiro atoms. The predicted molar refractivity (Wildman–Crippen MR) is 47.4 cm³/mol. The topological polar surface area (TPSA) is 52.6 Å². The molecule has 3 atom stereocenters. The lowest BCUT2D eigenvalue weighted by Crippen LogP contribution is -2.45. The highest BCUT2D eigenvalue weighted by molar-refractivity contribution is 6.30. The van der Waals surface area contributed by atoms with E-state index in [0.29, 0.717) is 11.5 Å². The number of rotatable bonds is 1. The van der Waals surface area contributed by atoms with Crippen molar-refractivity contribution in [2.45, 2.75) is 12.5 Å². The van der Waals surface area contributed by atoms with Gasteiger partial charge in [-0.25, -0.2) is 0 Å². The Morgan fingerprint density at radius 2 is 2.43 bits per heavy atom. The van der Waals surface area contributed by atoms with Gasteiger partial charge >= 0.3 is 11.9 Å². The van der Waals surface area contributed by atoms with E-state index in [4.69, 9.17) is 16.3 Å². The first-order chi connectivity index (χ1) is 6.63. The van der Waals surface area contributed by atoms with Crippen molar-refractivity contribution in [3.05, 3.63) is 11.1 Å². The first kappa shape index (κ1) is 9.52. The Morgan fingerprint density at radius 1 is 1.71 bits per heavy atom. The van der Waals surface area contributed by atoms with Crippen LogP contribution in [0.3, 0.4) is 0 Å². The zero-order valence-corrected chi connectivity index (χ0v) is 8.28. The molecule has 4 nitrogen and oxygen atoms in total. The highest BCUT2D eigenvalue weighted by Crippen LogP contribution is 2.39. The summed E-state index contributed by atoms with van der Waals surface area (Å²) in [6.07, 6.45) is 1.56. The average Bonchev–Trinajstić information content (AvgIpc) is 2.18. The Kier molecular flexibility index (Phi) is 2.23. The van der Waals surface area contributed by atoms with Crippen LogP contribution in [-0.2, 0) is 19.1 Å². The Balaban J connectivity index is 2.27. The van der Waals surface area contributed by atoms with Crippen molar-refractivity contribution in [3.63, 3.8) is 0 Å². The van der Waals surface area contributed by atoms with E-state index in [1.54, 1.807) is 6.08 Å². The molecule has 0 amide bonds. The van der Waals surface area contributed by atoms with E-state index in [-0.39, 0.29) is 11.9 Å². The van der Waals surface area contributed by atoms with Crippen LogP contribution in [-0.4, -0.2) is 25.2 Å². The fourth-order valence-corrected chi connectivity index (χ4v) is 2.10. The quantitative estimate of drug-likeness (QED) is 0.610. The number of fused-ring (bicyclic) bond motifs is 2. The van der Waals surface area contributed by atoms with E-state index >= 15 is 0 Å². The molecule has 5 heteroatoms. The van der Waals surface area contributed by atoms with Crippen LogP contribution < -0.4 is 0 Å². The van der Waals surface area contributed by atoms with E-state index < -0.39 is 17.9 Å². The largest absolute Gasteiger partial charge is 0.469 e. The van der Waals surface area contributed by atoms with Gasteiger partial charge in [-0.15, -0.1) is 0 Å².